The second-order valence-corrected chi connectivity index (χ2v) is 12.1. The molecule has 2 aliphatic heterocycles. The summed E-state index contributed by atoms with van der Waals surface area (Å²) in [6.07, 6.45) is 1.88. The zero-order chi connectivity index (χ0) is 27.3. The maximum atomic E-state index is 13.4. The first-order valence-electron chi connectivity index (χ1n) is 11.5. The first kappa shape index (κ1) is 30.6. The number of nitrogens with zero attached hydrogens (tertiary/aromatic N) is 2. The molecule has 1 aromatic carbocycles. The van der Waals surface area contributed by atoms with Crippen LogP contribution in [0.5, 0.6) is 0 Å². The van der Waals surface area contributed by atoms with Gasteiger partial charge in [0.15, 0.2) is 0 Å². The van der Waals surface area contributed by atoms with Gasteiger partial charge in [0.1, 0.15) is 17.2 Å². The van der Waals surface area contributed by atoms with E-state index in [1.165, 1.54) is 4.90 Å². The molecular weight excluding hydrogens is 535 g/mol. The second-order valence-electron chi connectivity index (χ2n) is 9.77. The molecule has 1 aromatic rings. The van der Waals surface area contributed by atoms with Gasteiger partial charge in [-0.3, -0.25) is 14.2 Å². The van der Waals surface area contributed by atoms with Gasteiger partial charge in [-0.05, 0) is 51.3 Å². The smallest absolute Gasteiger partial charge is 0.410 e. The summed E-state index contributed by atoms with van der Waals surface area (Å²) in [7, 11) is -3.67. The van der Waals surface area contributed by atoms with Crippen molar-refractivity contribution in [1.29, 1.82) is 0 Å². The van der Waals surface area contributed by atoms with Gasteiger partial charge in [0.25, 0.3) is 10.1 Å². The summed E-state index contributed by atoms with van der Waals surface area (Å²) < 4.78 is 37.5. The number of aliphatic hydroxyl groups excluding tert-OH is 1. The number of morpholine rings is 1. The summed E-state index contributed by atoms with van der Waals surface area (Å²) in [5.41, 5.74) is -0.772. The molecule has 0 aromatic heterocycles. The molecule has 0 saturated carbocycles. The summed E-state index contributed by atoms with van der Waals surface area (Å²) in [6, 6.07) is 4.65. The summed E-state index contributed by atoms with van der Waals surface area (Å²) in [5.74, 6) is -0.131. The minimum atomic E-state index is -3.67. The van der Waals surface area contributed by atoms with Crippen LogP contribution in [0.4, 0.5) is 4.79 Å². The minimum absolute atomic E-state index is 0.115. The minimum Gasteiger partial charge on any atom is -0.444 e. The van der Waals surface area contributed by atoms with Gasteiger partial charge in [0.2, 0.25) is 5.91 Å². The summed E-state index contributed by atoms with van der Waals surface area (Å²) in [4.78, 5) is 29.3. The lowest BCUT2D eigenvalue weighted by molar-refractivity contribution is -0.159. The molecule has 2 saturated heterocycles. The van der Waals surface area contributed by atoms with Crippen molar-refractivity contribution in [3.63, 3.8) is 0 Å². The number of rotatable bonds is 4. The van der Waals surface area contributed by atoms with E-state index in [9.17, 15) is 23.1 Å². The summed E-state index contributed by atoms with van der Waals surface area (Å²) in [6.45, 7) is 6.76. The van der Waals surface area contributed by atoms with Gasteiger partial charge in [-0.1, -0.05) is 29.3 Å². The molecule has 36 heavy (non-hydrogen) atoms. The number of carbonyl (C=O) groups excluding carboxylic acids is 2. The Morgan fingerprint density at radius 1 is 1.22 bits per heavy atom. The number of hydrogen-bond donors (Lipinski definition) is 2. The van der Waals surface area contributed by atoms with E-state index in [1.807, 2.05) is 0 Å². The predicted octanol–water partition coefficient (Wildman–Crippen LogP) is 3.33. The number of carbonyl (C=O) groups is 2. The normalized spacial score (nSPS) is 22.6. The van der Waals surface area contributed by atoms with Crippen LogP contribution in [-0.2, 0) is 30.0 Å². The molecule has 0 spiro atoms. The van der Waals surface area contributed by atoms with Gasteiger partial charge in [-0.25, -0.2) is 4.79 Å². The Morgan fingerprint density at radius 2 is 1.86 bits per heavy atom. The fourth-order valence-electron chi connectivity index (χ4n) is 4.18. The molecule has 0 bridgehead atoms. The number of amides is 2. The van der Waals surface area contributed by atoms with Crippen molar-refractivity contribution in [2.45, 2.75) is 57.3 Å². The van der Waals surface area contributed by atoms with E-state index in [2.05, 4.69) is 0 Å². The predicted molar refractivity (Wildman–Crippen MR) is 136 cm³/mol. The zero-order valence-electron chi connectivity index (χ0n) is 20.9. The third kappa shape index (κ3) is 8.74. The van der Waals surface area contributed by atoms with Gasteiger partial charge in [-0.2, -0.15) is 8.42 Å². The van der Waals surface area contributed by atoms with Crippen LogP contribution in [0.1, 0.15) is 45.6 Å². The second kappa shape index (κ2) is 12.3. The molecule has 2 heterocycles. The van der Waals surface area contributed by atoms with Gasteiger partial charge in [0.05, 0.1) is 29.5 Å². The SMILES string of the molecule is CC(C)(C)OC(=O)N1CCC[C@H]1C(=O)N1CCO[C@](CCO)(c2ccc(Cl)c(Cl)c2)C1.CS(=O)(=O)O. The molecule has 0 unspecified atom stereocenters. The Balaban J connectivity index is 0.000000830. The molecule has 0 aliphatic carbocycles. The lowest BCUT2D eigenvalue weighted by atomic mass is 9.88. The lowest BCUT2D eigenvalue weighted by Gasteiger charge is -2.44. The average molecular weight is 570 g/mol. The van der Waals surface area contributed by atoms with E-state index in [1.54, 1.807) is 43.9 Å². The van der Waals surface area contributed by atoms with Crippen molar-refractivity contribution in [3.8, 4) is 0 Å². The highest BCUT2D eigenvalue weighted by molar-refractivity contribution is 7.85. The van der Waals surface area contributed by atoms with E-state index < -0.39 is 33.5 Å². The van der Waals surface area contributed by atoms with Crippen LogP contribution in [0.25, 0.3) is 0 Å². The summed E-state index contributed by atoms with van der Waals surface area (Å²) in [5, 5.41) is 10.5. The number of halogens is 2. The van der Waals surface area contributed by atoms with Crippen LogP contribution in [-0.4, -0.2) is 90.6 Å². The highest BCUT2D eigenvalue weighted by atomic mass is 35.5. The molecule has 2 aliphatic rings. The van der Waals surface area contributed by atoms with E-state index in [0.717, 1.165) is 12.0 Å². The Labute approximate surface area is 222 Å². The third-order valence-corrected chi connectivity index (χ3v) is 6.36. The van der Waals surface area contributed by atoms with Crippen molar-refractivity contribution >= 4 is 45.3 Å². The Kier molecular flexibility index (Phi) is 10.4. The lowest BCUT2D eigenvalue weighted by Crippen LogP contribution is -2.57. The van der Waals surface area contributed by atoms with Crippen molar-refractivity contribution in [2.24, 2.45) is 0 Å². The van der Waals surface area contributed by atoms with Crippen LogP contribution >= 0.6 is 23.2 Å². The van der Waals surface area contributed by atoms with E-state index in [4.69, 9.17) is 37.2 Å². The number of benzene rings is 1. The maximum absolute atomic E-state index is 13.4. The zero-order valence-corrected chi connectivity index (χ0v) is 23.2. The van der Waals surface area contributed by atoms with Gasteiger partial charge in [-0.15, -0.1) is 0 Å². The highest BCUT2D eigenvalue weighted by Crippen LogP contribution is 2.37. The van der Waals surface area contributed by atoms with Crippen LogP contribution < -0.4 is 0 Å². The first-order chi connectivity index (χ1) is 16.6. The fourth-order valence-corrected chi connectivity index (χ4v) is 4.47. The third-order valence-electron chi connectivity index (χ3n) is 5.62. The van der Waals surface area contributed by atoms with Gasteiger partial charge >= 0.3 is 6.09 Å². The van der Waals surface area contributed by atoms with Crippen LogP contribution in [0.2, 0.25) is 10.0 Å². The van der Waals surface area contributed by atoms with Crippen LogP contribution in [0.3, 0.4) is 0 Å². The molecule has 0 radical (unpaired) electrons. The molecule has 2 N–H and O–H groups in total. The summed E-state index contributed by atoms with van der Waals surface area (Å²) >= 11 is 12.3. The van der Waals surface area contributed by atoms with Crippen LogP contribution in [0.15, 0.2) is 18.2 Å². The van der Waals surface area contributed by atoms with E-state index in [-0.39, 0.29) is 19.1 Å². The molecular formula is C23H34Cl2N2O8S. The Hall–Kier alpha value is -1.63. The number of likely N-dealkylation sites (tertiary alicyclic amines) is 1. The molecule has 13 heteroatoms. The molecule has 3 rings (SSSR count). The van der Waals surface area contributed by atoms with E-state index in [0.29, 0.717) is 48.8 Å². The first-order valence-corrected chi connectivity index (χ1v) is 14.1. The van der Waals surface area contributed by atoms with Gasteiger partial charge < -0.3 is 19.5 Å². The largest absolute Gasteiger partial charge is 0.444 e. The molecule has 10 nitrogen and oxygen atoms in total. The standard InChI is InChI=1S/C22H30Cl2N2O5.CH4O3S/c1-21(2,3)31-20(29)26-9-4-5-18(26)19(28)25-10-12-30-22(14-25,8-11-27)15-6-7-16(23)17(24)13-15;1-5(2,3)4/h6-7,13,18,27H,4-5,8-12,14H2,1-3H3;1H3,(H,2,3,4)/t18-,22-;/m0./s1. The maximum Gasteiger partial charge on any atom is 0.410 e. The topological polar surface area (TPSA) is 134 Å². The molecule has 2 amide bonds. The molecule has 2 fully saturated rings. The average Bonchev–Trinajstić information content (AvgIpc) is 3.23. The fraction of sp³-hybridized carbons (Fsp3) is 0.652. The number of ether oxygens (including phenoxy) is 2. The van der Waals surface area contributed by atoms with Crippen LogP contribution in [0, 0.1) is 0 Å². The number of aliphatic hydroxyl groups is 1. The van der Waals surface area contributed by atoms with Gasteiger partial charge in [0, 0.05) is 26.1 Å². The van der Waals surface area contributed by atoms with Crippen molar-refractivity contribution in [3.05, 3.63) is 33.8 Å². The molecule has 2 atom stereocenters. The number of hydrogen-bond acceptors (Lipinski definition) is 7. The van der Waals surface area contributed by atoms with Crippen molar-refractivity contribution in [2.75, 3.05) is 39.1 Å². The monoisotopic (exact) mass is 568 g/mol. The van der Waals surface area contributed by atoms with Crippen molar-refractivity contribution in [1.82, 2.24) is 9.80 Å². The highest BCUT2D eigenvalue weighted by Gasteiger charge is 2.44. The molecule has 204 valence electrons. The van der Waals surface area contributed by atoms with E-state index >= 15 is 0 Å². The Bertz CT molecular complexity index is 1040. The quantitative estimate of drug-likeness (QED) is 0.528. The van der Waals surface area contributed by atoms with Crippen molar-refractivity contribution < 1.29 is 37.1 Å². The Morgan fingerprint density at radius 3 is 2.42 bits per heavy atom.